The topological polar surface area (TPSA) is 29.1 Å². The first-order chi connectivity index (χ1) is 5.26. The second kappa shape index (κ2) is 3.39. The summed E-state index contributed by atoms with van der Waals surface area (Å²) in [5.74, 6) is 0.760. The Morgan fingerprint density at radius 3 is 2.64 bits per heavy atom. The molecule has 1 radical (unpaired) electrons. The van der Waals surface area contributed by atoms with Gasteiger partial charge in [0.15, 0.2) is 0 Å². The third-order valence-electron chi connectivity index (χ3n) is 1.51. The van der Waals surface area contributed by atoms with Gasteiger partial charge in [-0.25, -0.2) is 5.11 Å². The number of hydrogen-bond acceptors (Lipinski definition) is 1. The largest absolute Gasteiger partial charge is 0.497 e. The van der Waals surface area contributed by atoms with Crippen LogP contribution in [0.25, 0.3) is 0 Å². The van der Waals surface area contributed by atoms with Crippen molar-refractivity contribution in [2.24, 2.45) is 0 Å². The fourth-order valence-corrected chi connectivity index (χ4v) is 1.03. The van der Waals surface area contributed by atoms with Crippen LogP contribution in [0.2, 0.25) is 0 Å². The molecule has 0 aliphatic carbocycles. The Labute approximate surface area is 66.4 Å². The van der Waals surface area contributed by atoms with Gasteiger partial charge in [0, 0.05) is 0 Å². The molecule has 0 aliphatic heterocycles. The van der Waals surface area contributed by atoms with Crippen molar-refractivity contribution in [2.75, 3.05) is 7.11 Å². The maximum Gasteiger partial charge on any atom is 0.119 e. The van der Waals surface area contributed by atoms with Crippen molar-refractivity contribution in [3.05, 3.63) is 29.3 Å². The SMILES string of the molecule is COc1cc(C)cc(C[O])c1. The molecule has 1 aromatic carbocycles. The molecule has 1 rings (SSSR count). The highest BCUT2D eigenvalue weighted by Crippen LogP contribution is 2.15. The van der Waals surface area contributed by atoms with Crippen LogP contribution in [-0.2, 0) is 11.7 Å². The summed E-state index contributed by atoms with van der Waals surface area (Å²) in [6.07, 6.45) is 0. The van der Waals surface area contributed by atoms with Gasteiger partial charge in [-0.3, -0.25) is 0 Å². The zero-order chi connectivity index (χ0) is 8.27. The number of rotatable bonds is 2. The summed E-state index contributed by atoms with van der Waals surface area (Å²) in [7, 11) is 1.60. The second-order valence-electron chi connectivity index (χ2n) is 2.50. The standard InChI is InChI=1S/C9H11O2/c1-7-3-8(6-10)5-9(4-7)11-2/h3-5H,6H2,1-2H3. The van der Waals surface area contributed by atoms with Gasteiger partial charge in [0.25, 0.3) is 0 Å². The zero-order valence-corrected chi connectivity index (χ0v) is 6.76. The van der Waals surface area contributed by atoms with E-state index in [1.165, 1.54) is 0 Å². The van der Waals surface area contributed by atoms with Gasteiger partial charge in [-0.15, -0.1) is 0 Å². The van der Waals surface area contributed by atoms with E-state index in [1.807, 2.05) is 19.1 Å². The van der Waals surface area contributed by atoms with Crippen LogP contribution in [0.3, 0.4) is 0 Å². The molecule has 0 aliphatic rings. The first-order valence-corrected chi connectivity index (χ1v) is 3.49. The van der Waals surface area contributed by atoms with Crippen LogP contribution in [0.4, 0.5) is 0 Å². The van der Waals surface area contributed by atoms with Crippen LogP contribution in [0.5, 0.6) is 5.75 Å². The Morgan fingerprint density at radius 2 is 2.09 bits per heavy atom. The van der Waals surface area contributed by atoms with Crippen LogP contribution in [0, 0.1) is 6.92 Å². The van der Waals surface area contributed by atoms with E-state index in [1.54, 1.807) is 13.2 Å². The Kier molecular flexibility index (Phi) is 2.49. The summed E-state index contributed by atoms with van der Waals surface area (Å²) in [6.45, 7) is 1.76. The van der Waals surface area contributed by atoms with E-state index < -0.39 is 0 Å². The van der Waals surface area contributed by atoms with E-state index in [0.29, 0.717) is 0 Å². The maximum absolute atomic E-state index is 10.5. The fourth-order valence-electron chi connectivity index (χ4n) is 1.03. The lowest BCUT2D eigenvalue weighted by molar-refractivity contribution is 0.177. The highest BCUT2D eigenvalue weighted by molar-refractivity contribution is 5.33. The van der Waals surface area contributed by atoms with Gasteiger partial charge in [-0.05, 0) is 30.2 Å². The molecule has 1 aromatic rings. The van der Waals surface area contributed by atoms with Crippen molar-refractivity contribution < 1.29 is 9.84 Å². The van der Waals surface area contributed by atoms with Crippen molar-refractivity contribution in [2.45, 2.75) is 13.5 Å². The third-order valence-corrected chi connectivity index (χ3v) is 1.51. The summed E-state index contributed by atoms with van der Waals surface area (Å²) in [5.41, 5.74) is 1.84. The van der Waals surface area contributed by atoms with Gasteiger partial charge < -0.3 is 4.74 Å². The van der Waals surface area contributed by atoms with E-state index in [9.17, 15) is 5.11 Å². The van der Waals surface area contributed by atoms with E-state index in [-0.39, 0.29) is 6.61 Å². The summed E-state index contributed by atoms with van der Waals surface area (Å²) in [4.78, 5) is 0. The van der Waals surface area contributed by atoms with Crippen molar-refractivity contribution in [3.8, 4) is 5.75 Å². The minimum atomic E-state index is -0.183. The maximum atomic E-state index is 10.5. The van der Waals surface area contributed by atoms with Gasteiger partial charge in [-0.1, -0.05) is 6.07 Å². The normalized spacial score (nSPS) is 9.73. The molecule has 0 saturated heterocycles. The van der Waals surface area contributed by atoms with Crippen LogP contribution in [0.15, 0.2) is 18.2 Å². The molecule has 0 bridgehead atoms. The number of ether oxygens (including phenoxy) is 1. The van der Waals surface area contributed by atoms with Crippen LogP contribution in [0.1, 0.15) is 11.1 Å². The van der Waals surface area contributed by atoms with E-state index in [0.717, 1.165) is 16.9 Å². The molecular formula is C9H11O2. The van der Waals surface area contributed by atoms with Crippen LogP contribution < -0.4 is 4.74 Å². The molecule has 0 heterocycles. The zero-order valence-electron chi connectivity index (χ0n) is 6.76. The summed E-state index contributed by atoms with van der Waals surface area (Å²) < 4.78 is 5.00. The number of benzene rings is 1. The van der Waals surface area contributed by atoms with Crippen molar-refractivity contribution in [1.29, 1.82) is 0 Å². The molecule has 0 amide bonds. The molecule has 0 saturated carbocycles. The summed E-state index contributed by atoms with van der Waals surface area (Å²) in [5, 5.41) is 10.5. The highest BCUT2D eigenvalue weighted by Gasteiger charge is 1.96. The second-order valence-corrected chi connectivity index (χ2v) is 2.50. The lowest BCUT2D eigenvalue weighted by Crippen LogP contribution is -1.88. The molecule has 59 valence electrons. The molecule has 0 N–H and O–H groups in total. The Hall–Kier alpha value is -1.02. The van der Waals surface area contributed by atoms with E-state index in [4.69, 9.17) is 4.74 Å². The highest BCUT2D eigenvalue weighted by atomic mass is 16.5. The average molecular weight is 151 g/mol. The number of aryl methyl sites for hydroxylation is 1. The molecule has 0 aromatic heterocycles. The Balaban J connectivity index is 3.02. The minimum absolute atomic E-state index is 0.183. The van der Waals surface area contributed by atoms with Crippen molar-refractivity contribution in [3.63, 3.8) is 0 Å². The Morgan fingerprint density at radius 1 is 1.36 bits per heavy atom. The third kappa shape index (κ3) is 1.95. The summed E-state index contributed by atoms with van der Waals surface area (Å²) in [6, 6.07) is 5.54. The molecule has 0 unspecified atom stereocenters. The predicted octanol–water partition coefficient (Wildman–Crippen LogP) is 1.93. The smallest absolute Gasteiger partial charge is 0.119 e. The van der Waals surface area contributed by atoms with E-state index in [2.05, 4.69) is 0 Å². The quantitative estimate of drug-likeness (QED) is 0.635. The van der Waals surface area contributed by atoms with Gasteiger partial charge >= 0.3 is 0 Å². The van der Waals surface area contributed by atoms with Crippen LogP contribution in [-0.4, -0.2) is 7.11 Å². The van der Waals surface area contributed by atoms with Crippen molar-refractivity contribution >= 4 is 0 Å². The van der Waals surface area contributed by atoms with Crippen molar-refractivity contribution in [1.82, 2.24) is 0 Å². The molecule has 11 heavy (non-hydrogen) atoms. The van der Waals surface area contributed by atoms with E-state index >= 15 is 0 Å². The number of methoxy groups -OCH3 is 1. The van der Waals surface area contributed by atoms with Crippen LogP contribution >= 0.6 is 0 Å². The lowest BCUT2D eigenvalue weighted by Gasteiger charge is -2.02. The predicted molar refractivity (Wildman–Crippen MR) is 42.1 cm³/mol. The Bertz CT molecular complexity index is 221. The minimum Gasteiger partial charge on any atom is -0.497 e. The molecule has 0 atom stereocenters. The molecule has 0 spiro atoms. The van der Waals surface area contributed by atoms with Gasteiger partial charge in [0.1, 0.15) is 12.4 Å². The number of hydrogen-bond donors (Lipinski definition) is 0. The first-order valence-electron chi connectivity index (χ1n) is 3.49. The first kappa shape index (κ1) is 8.08. The van der Waals surface area contributed by atoms with Gasteiger partial charge in [0.2, 0.25) is 0 Å². The molecule has 2 nitrogen and oxygen atoms in total. The summed E-state index contributed by atoms with van der Waals surface area (Å²) >= 11 is 0. The monoisotopic (exact) mass is 151 g/mol. The average Bonchev–Trinajstić information content (AvgIpc) is 2.03. The van der Waals surface area contributed by atoms with Gasteiger partial charge in [0.05, 0.1) is 7.11 Å². The fraction of sp³-hybridized carbons (Fsp3) is 0.333. The van der Waals surface area contributed by atoms with Gasteiger partial charge in [-0.2, -0.15) is 0 Å². The molecular weight excluding hydrogens is 140 g/mol. The molecule has 2 heteroatoms. The molecule has 0 fully saturated rings. The lowest BCUT2D eigenvalue weighted by atomic mass is 10.1.